The number of rotatable bonds is 6. The fourth-order valence-corrected chi connectivity index (χ4v) is 2.62. The van der Waals surface area contributed by atoms with Crippen molar-refractivity contribution in [1.29, 1.82) is 0 Å². The summed E-state index contributed by atoms with van der Waals surface area (Å²) in [4.78, 5) is 2.53. The summed E-state index contributed by atoms with van der Waals surface area (Å²) >= 11 is 0. The van der Waals surface area contributed by atoms with Crippen LogP contribution in [0.1, 0.15) is 46.5 Å². The van der Waals surface area contributed by atoms with Gasteiger partial charge in [-0.2, -0.15) is 0 Å². The molecule has 0 bridgehead atoms. The van der Waals surface area contributed by atoms with Crippen molar-refractivity contribution >= 4 is 0 Å². The molecule has 1 N–H and O–H groups in total. The van der Waals surface area contributed by atoms with E-state index in [-0.39, 0.29) is 0 Å². The molecular formula is C14H30N2. The maximum Gasteiger partial charge on any atom is 0.00471 e. The van der Waals surface area contributed by atoms with E-state index in [1.165, 1.54) is 45.3 Å². The smallest absolute Gasteiger partial charge is 0.00471 e. The maximum atomic E-state index is 3.36. The Morgan fingerprint density at radius 2 is 1.88 bits per heavy atom. The first-order chi connectivity index (χ1) is 7.37. The fourth-order valence-electron chi connectivity index (χ4n) is 2.62. The average molecular weight is 226 g/mol. The quantitative estimate of drug-likeness (QED) is 0.749. The monoisotopic (exact) mass is 226 g/mol. The number of nitrogens with one attached hydrogen (secondary N) is 1. The third kappa shape index (κ3) is 4.42. The lowest BCUT2D eigenvalue weighted by molar-refractivity contribution is 0.0750. The van der Waals surface area contributed by atoms with Gasteiger partial charge in [0.25, 0.3) is 0 Å². The van der Waals surface area contributed by atoms with Crippen molar-refractivity contribution in [1.82, 2.24) is 10.2 Å². The summed E-state index contributed by atoms with van der Waals surface area (Å²) in [6.07, 6.45) is 5.54. The molecule has 0 aromatic rings. The van der Waals surface area contributed by atoms with E-state index >= 15 is 0 Å². The second-order valence-corrected chi connectivity index (χ2v) is 6.93. The van der Waals surface area contributed by atoms with Gasteiger partial charge in [-0.15, -0.1) is 0 Å². The van der Waals surface area contributed by atoms with Gasteiger partial charge in [-0.05, 0) is 50.7 Å². The first-order valence-electron chi connectivity index (χ1n) is 6.70. The van der Waals surface area contributed by atoms with Crippen LogP contribution in [-0.4, -0.2) is 38.6 Å². The molecule has 0 aromatic heterocycles. The van der Waals surface area contributed by atoms with E-state index in [1.807, 2.05) is 0 Å². The van der Waals surface area contributed by atoms with Crippen molar-refractivity contribution in [3.63, 3.8) is 0 Å². The normalized spacial score (nSPS) is 19.9. The standard InChI is InChI=1S/C14H30N2/c1-13(2,3)9-10-16(5)12-14(11-15-4)7-6-8-14/h15H,6-12H2,1-5H3. The van der Waals surface area contributed by atoms with Crippen molar-refractivity contribution in [2.45, 2.75) is 46.5 Å². The summed E-state index contributed by atoms with van der Waals surface area (Å²) in [5, 5.41) is 3.36. The summed E-state index contributed by atoms with van der Waals surface area (Å²) in [5.41, 5.74) is 1.05. The highest BCUT2D eigenvalue weighted by Crippen LogP contribution is 2.40. The molecule has 0 amide bonds. The molecule has 1 fully saturated rings. The number of nitrogens with zero attached hydrogens (tertiary/aromatic N) is 1. The van der Waals surface area contributed by atoms with Crippen LogP contribution in [0.15, 0.2) is 0 Å². The lowest BCUT2D eigenvalue weighted by atomic mass is 9.68. The molecule has 0 aromatic carbocycles. The van der Waals surface area contributed by atoms with Gasteiger partial charge in [-0.3, -0.25) is 0 Å². The van der Waals surface area contributed by atoms with Crippen LogP contribution < -0.4 is 5.32 Å². The Kier molecular flexibility index (Phi) is 4.81. The largest absolute Gasteiger partial charge is 0.319 e. The third-order valence-electron chi connectivity index (χ3n) is 3.81. The summed E-state index contributed by atoms with van der Waals surface area (Å²) in [6, 6.07) is 0. The molecule has 1 aliphatic carbocycles. The zero-order chi connectivity index (χ0) is 12.2. The molecule has 1 saturated carbocycles. The van der Waals surface area contributed by atoms with Crippen LogP contribution >= 0.6 is 0 Å². The van der Waals surface area contributed by atoms with Gasteiger partial charge in [0.15, 0.2) is 0 Å². The van der Waals surface area contributed by atoms with E-state index in [0.717, 1.165) is 0 Å². The highest BCUT2D eigenvalue weighted by atomic mass is 15.1. The molecule has 16 heavy (non-hydrogen) atoms. The topological polar surface area (TPSA) is 15.3 Å². The lowest BCUT2D eigenvalue weighted by Crippen LogP contribution is -2.47. The second-order valence-electron chi connectivity index (χ2n) is 6.93. The van der Waals surface area contributed by atoms with E-state index in [0.29, 0.717) is 10.8 Å². The molecule has 2 heteroatoms. The van der Waals surface area contributed by atoms with Crippen LogP contribution in [0, 0.1) is 10.8 Å². The van der Waals surface area contributed by atoms with Crippen molar-refractivity contribution < 1.29 is 0 Å². The zero-order valence-electron chi connectivity index (χ0n) is 11.9. The first-order valence-corrected chi connectivity index (χ1v) is 6.70. The van der Waals surface area contributed by atoms with Crippen LogP contribution in [-0.2, 0) is 0 Å². The Bertz CT molecular complexity index is 201. The first kappa shape index (κ1) is 14.0. The van der Waals surface area contributed by atoms with Gasteiger partial charge in [0, 0.05) is 13.1 Å². The molecule has 96 valence electrons. The highest BCUT2D eigenvalue weighted by molar-refractivity contribution is 4.91. The minimum atomic E-state index is 0.462. The van der Waals surface area contributed by atoms with Gasteiger partial charge in [-0.1, -0.05) is 27.2 Å². The molecule has 2 nitrogen and oxygen atoms in total. The van der Waals surface area contributed by atoms with E-state index < -0.39 is 0 Å². The van der Waals surface area contributed by atoms with Crippen molar-refractivity contribution in [2.24, 2.45) is 10.8 Å². The van der Waals surface area contributed by atoms with E-state index in [2.05, 4.69) is 45.1 Å². The molecule has 0 saturated heterocycles. The lowest BCUT2D eigenvalue weighted by Gasteiger charge is -2.44. The van der Waals surface area contributed by atoms with Crippen molar-refractivity contribution in [2.75, 3.05) is 33.7 Å². The zero-order valence-corrected chi connectivity index (χ0v) is 11.9. The van der Waals surface area contributed by atoms with Crippen molar-refractivity contribution in [3.05, 3.63) is 0 Å². The van der Waals surface area contributed by atoms with E-state index in [1.54, 1.807) is 0 Å². The summed E-state index contributed by atoms with van der Waals surface area (Å²) in [7, 11) is 4.36. The number of hydrogen-bond acceptors (Lipinski definition) is 2. The van der Waals surface area contributed by atoms with Crippen molar-refractivity contribution in [3.8, 4) is 0 Å². The average Bonchev–Trinajstić information content (AvgIpc) is 2.10. The molecule has 1 rings (SSSR count). The SMILES string of the molecule is CNCC1(CN(C)CCC(C)(C)C)CCC1. The van der Waals surface area contributed by atoms with Gasteiger partial charge in [-0.25, -0.2) is 0 Å². The van der Waals surface area contributed by atoms with Gasteiger partial charge >= 0.3 is 0 Å². The highest BCUT2D eigenvalue weighted by Gasteiger charge is 2.37. The van der Waals surface area contributed by atoms with Crippen LogP contribution in [0.5, 0.6) is 0 Å². The van der Waals surface area contributed by atoms with Crippen LogP contribution in [0.3, 0.4) is 0 Å². The summed E-state index contributed by atoms with van der Waals surface area (Å²) in [6.45, 7) is 10.7. The summed E-state index contributed by atoms with van der Waals surface area (Å²) in [5.74, 6) is 0. The Hall–Kier alpha value is -0.0800. The summed E-state index contributed by atoms with van der Waals surface area (Å²) < 4.78 is 0. The molecule has 0 aliphatic heterocycles. The molecule has 0 spiro atoms. The van der Waals surface area contributed by atoms with Gasteiger partial charge in [0.2, 0.25) is 0 Å². The van der Waals surface area contributed by atoms with Gasteiger partial charge in [0.05, 0.1) is 0 Å². The predicted octanol–water partition coefficient (Wildman–Crippen LogP) is 2.74. The maximum absolute atomic E-state index is 3.36. The Labute approximate surface area is 102 Å². The molecule has 0 atom stereocenters. The Morgan fingerprint density at radius 1 is 1.25 bits per heavy atom. The molecule has 1 aliphatic rings. The van der Waals surface area contributed by atoms with Gasteiger partial charge in [0.1, 0.15) is 0 Å². The van der Waals surface area contributed by atoms with Crippen LogP contribution in [0.2, 0.25) is 0 Å². The third-order valence-corrected chi connectivity index (χ3v) is 3.81. The molecule has 0 unspecified atom stereocenters. The van der Waals surface area contributed by atoms with Crippen LogP contribution in [0.25, 0.3) is 0 Å². The fraction of sp³-hybridized carbons (Fsp3) is 1.00. The van der Waals surface area contributed by atoms with Gasteiger partial charge < -0.3 is 10.2 Å². The van der Waals surface area contributed by atoms with E-state index in [4.69, 9.17) is 0 Å². The Morgan fingerprint density at radius 3 is 2.25 bits per heavy atom. The second kappa shape index (κ2) is 5.50. The molecule has 0 heterocycles. The van der Waals surface area contributed by atoms with E-state index in [9.17, 15) is 0 Å². The predicted molar refractivity (Wildman–Crippen MR) is 71.8 cm³/mol. The minimum absolute atomic E-state index is 0.462. The molecular weight excluding hydrogens is 196 g/mol. The Balaban J connectivity index is 2.29. The number of hydrogen-bond donors (Lipinski definition) is 1. The minimum Gasteiger partial charge on any atom is -0.319 e. The molecule has 0 radical (unpaired) electrons. The van der Waals surface area contributed by atoms with Crippen LogP contribution in [0.4, 0.5) is 0 Å².